The quantitative estimate of drug-likeness (QED) is 0.828. The summed E-state index contributed by atoms with van der Waals surface area (Å²) in [4.78, 5) is 11.7. The van der Waals surface area contributed by atoms with Gasteiger partial charge >= 0.3 is 5.97 Å². The van der Waals surface area contributed by atoms with Crippen LogP contribution in [-0.2, 0) is 9.53 Å². The molecule has 4 atom stereocenters. The zero-order valence-electron chi connectivity index (χ0n) is 10.4. The molecule has 0 radical (unpaired) electrons. The summed E-state index contributed by atoms with van der Waals surface area (Å²) in [5.41, 5.74) is 1.84. The maximum absolute atomic E-state index is 11.7. The first-order chi connectivity index (χ1) is 8.65. The number of benzene rings is 1. The van der Waals surface area contributed by atoms with Gasteiger partial charge in [0.05, 0.1) is 12.7 Å². The normalized spacial score (nSPS) is 28.9. The van der Waals surface area contributed by atoms with E-state index < -0.39 is 6.10 Å². The first-order valence-electron chi connectivity index (χ1n) is 6.29. The van der Waals surface area contributed by atoms with Gasteiger partial charge in [-0.15, -0.1) is 0 Å². The van der Waals surface area contributed by atoms with Crippen LogP contribution >= 0.6 is 0 Å². The second kappa shape index (κ2) is 3.99. The van der Waals surface area contributed by atoms with Crippen LogP contribution in [0.15, 0.2) is 18.2 Å². The number of aliphatic hydroxyl groups excluding tert-OH is 1. The summed E-state index contributed by atoms with van der Waals surface area (Å²) in [6.07, 6.45) is -0.648. The van der Waals surface area contributed by atoms with Crippen LogP contribution in [0.1, 0.15) is 37.0 Å². The maximum atomic E-state index is 11.7. The summed E-state index contributed by atoms with van der Waals surface area (Å²) < 4.78 is 10.8. The zero-order valence-corrected chi connectivity index (χ0v) is 10.4. The molecule has 3 rings (SSSR count). The molecule has 1 N–H and O–H groups in total. The van der Waals surface area contributed by atoms with Gasteiger partial charge in [0.1, 0.15) is 17.8 Å². The topological polar surface area (TPSA) is 55.8 Å². The molecule has 0 amide bonds. The predicted octanol–water partition coefficient (Wildman–Crippen LogP) is 1.78. The van der Waals surface area contributed by atoms with E-state index in [2.05, 4.69) is 0 Å². The van der Waals surface area contributed by atoms with Crippen molar-refractivity contribution < 1.29 is 19.4 Å². The summed E-state index contributed by atoms with van der Waals surface area (Å²) in [5, 5.41) is 9.78. The SMILES string of the molecule is CCOC(=O)[C@@H]1C2c3c(cccc3[C@@H](C)O)O[C@H]21. The van der Waals surface area contributed by atoms with Crippen molar-refractivity contribution in [1.82, 2.24) is 0 Å². The fourth-order valence-electron chi connectivity index (χ4n) is 2.82. The van der Waals surface area contributed by atoms with Crippen LogP contribution in [0.5, 0.6) is 5.75 Å². The monoisotopic (exact) mass is 248 g/mol. The molecule has 1 saturated carbocycles. The van der Waals surface area contributed by atoms with Crippen molar-refractivity contribution in [3.63, 3.8) is 0 Å². The van der Waals surface area contributed by atoms with Gasteiger partial charge in [-0.05, 0) is 25.5 Å². The molecule has 4 heteroatoms. The van der Waals surface area contributed by atoms with Gasteiger partial charge in [-0.2, -0.15) is 0 Å². The molecule has 0 spiro atoms. The van der Waals surface area contributed by atoms with E-state index in [1.54, 1.807) is 13.8 Å². The van der Waals surface area contributed by atoms with E-state index in [9.17, 15) is 9.90 Å². The number of aliphatic hydroxyl groups is 1. The second-order valence-corrected chi connectivity index (χ2v) is 4.82. The molecule has 0 aromatic heterocycles. The molecule has 2 aliphatic rings. The highest BCUT2D eigenvalue weighted by molar-refractivity contribution is 5.81. The Labute approximate surface area is 106 Å². The molecule has 4 nitrogen and oxygen atoms in total. The largest absolute Gasteiger partial charge is 0.489 e. The van der Waals surface area contributed by atoms with Crippen LogP contribution in [0, 0.1) is 5.92 Å². The van der Waals surface area contributed by atoms with E-state index in [4.69, 9.17) is 9.47 Å². The minimum atomic E-state index is -0.550. The molecular weight excluding hydrogens is 232 g/mol. The van der Waals surface area contributed by atoms with Gasteiger partial charge in [0.2, 0.25) is 0 Å². The van der Waals surface area contributed by atoms with Crippen molar-refractivity contribution in [1.29, 1.82) is 0 Å². The van der Waals surface area contributed by atoms with E-state index in [1.807, 2.05) is 18.2 Å². The van der Waals surface area contributed by atoms with Gasteiger partial charge in [-0.3, -0.25) is 4.79 Å². The van der Waals surface area contributed by atoms with Crippen LogP contribution in [-0.4, -0.2) is 23.8 Å². The first-order valence-corrected chi connectivity index (χ1v) is 6.29. The van der Waals surface area contributed by atoms with Crippen LogP contribution in [0.4, 0.5) is 0 Å². The summed E-state index contributed by atoms with van der Waals surface area (Å²) >= 11 is 0. The molecule has 1 aromatic rings. The van der Waals surface area contributed by atoms with Gasteiger partial charge < -0.3 is 14.6 Å². The van der Waals surface area contributed by atoms with E-state index in [0.717, 1.165) is 16.9 Å². The number of esters is 1. The molecule has 18 heavy (non-hydrogen) atoms. The predicted molar refractivity (Wildman–Crippen MR) is 64.4 cm³/mol. The number of carbonyl (C=O) groups is 1. The van der Waals surface area contributed by atoms with Gasteiger partial charge in [0.25, 0.3) is 0 Å². The average Bonchev–Trinajstić information content (AvgIpc) is 2.91. The molecule has 1 fully saturated rings. The molecule has 1 aliphatic heterocycles. The molecule has 1 unspecified atom stereocenters. The Kier molecular flexibility index (Phi) is 2.55. The fraction of sp³-hybridized carbons (Fsp3) is 0.500. The number of hydrogen-bond acceptors (Lipinski definition) is 4. The molecule has 0 bridgehead atoms. The van der Waals surface area contributed by atoms with Crippen molar-refractivity contribution in [2.24, 2.45) is 5.92 Å². The van der Waals surface area contributed by atoms with Gasteiger partial charge in [0, 0.05) is 11.5 Å². The standard InChI is InChI=1S/C14H16O4/c1-3-17-14(16)12-11-10-8(7(2)15)5-4-6-9(10)18-13(11)12/h4-7,11-13,15H,3H2,1-2H3/t7-,11?,12-,13-/m1/s1. The molecule has 1 heterocycles. The Balaban J connectivity index is 1.90. The lowest BCUT2D eigenvalue weighted by molar-refractivity contribution is -0.145. The van der Waals surface area contributed by atoms with Gasteiger partial charge in [0.15, 0.2) is 0 Å². The lowest BCUT2D eigenvalue weighted by atomic mass is 9.98. The highest BCUT2D eigenvalue weighted by atomic mass is 16.5. The number of fused-ring (bicyclic) bond motifs is 3. The minimum absolute atomic E-state index is 0.0600. The second-order valence-electron chi connectivity index (χ2n) is 4.82. The summed E-state index contributed by atoms with van der Waals surface area (Å²) in [7, 11) is 0. The Bertz CT molecular complexity index is 495. The summed E-state index contributed by atoms with van der Waals surface area (Å²) in [6, 6.07) is 5.64. The highest BCUT2D eigenvalue weighted by Gasteiger charge is 2.64. The lowest BCUT2D eigenvalue weighted by Crippen LogP contribution is -2.13. The third-order valence-corrected chi connectivity index (χ3v) is 3.66. The van der Waals surface area contributed by atoms with Crippen LogP contribution in [0.25, 0.3) is 0 Å². The smallest absolute Gasteiger partial charge is 0.313 e. The first kappa shape index (κ1) is 11.5. The molecular formula is C14H16O4. The van der Waals surface area contributed by atoms with E-state index in [0.29, 0.717) is 6.61 Å². The number of ether oxygens (including phenoxy) is 2. The maximum Gasteiger partial charge on any atom is 0.313 e. The lowest BCUT2D eigenvalue weighted by Gasteiger charge is -2.13. The minimum Gasteiger partial charge on any atom is -0.489 e. The Morgan fingerprint density at radius 3 is 3.00 bits per heavy atom. The summed E-state index contributed by atoms with van der Waals surface area (Å²) in [6.45, 7) is 3.91. The van der Waals surface area contributed by atoms with Crippen molar-refractivity contribution in [3.8, 4) is 5.75 Å². The Hall–Kier alpha value is -1.55. The molecule has 1 aromatic carbocycles. The van der Waals surface area contributed by atoms with Gasteiger partial charge in [-0.25, -0.2) is 0 Å². The van der Waals surface area contributed by atoms with E-state index >= 15 is 0 Å². The van der Waals surface area contributed by atoms with Crippen molar-refractivity contribution in [2.75, 3.05) is 6.61 Å². The van der Waals surface area contributed by atoms with Crippen molar-refractivity contribution in [3.05, 3.63) is 29.3 Å². The number of hydrogen-bond donors (Lipinski definition) is 1. The third-order valence-electron chi connectivity index (χ3n) is 3.66. The van der Waals surface area contributed by atoms with E-state index in [-0.39, 0.29) is 23.9 Å². The summed E-state index contributed by atoms with van der Waals surface area (Å²) in [5.74, 6) is 0.463. The Morgan fingerprint density at radius 2 is 2.33 bits per heavy atom. The number of carbonyl (C=O) groups excluding carboxylic acids is 1. The van der Waals surface area contributed by atoms with Crippen molar-refractivity contribution in [2.45, 2.75) is 32.0 Å². The number of rotatable bonds is 3. The van der Waals surface area contributed by atoms with Crippen LogP contribution in [0.3, 0.4) is 0 Å². The van der Waals surface area contributed by atoms with Crippen LogP contribution < -0.4 is 4.74 Å². The van der Waals surface area contributed by atoms with Crippen LogP contribution in [0.2, 0.25) is 0 Å². The highest BCUT2D eigenvalue weighted by Crippen LogP contribution is 2.60. The van der Waals surface area contributed by atoms with E-state index in [1.165, 1.54) is 0 Å². The molecule has 1 aliphatic carbocycles. The Morgan fingerprint density at radius 1 is 1.56 bits per heavy atom. The molecule has 96 valence electrons. The molecule has 0 saturated heterocycles. The fourth-order valence-corrected chi connectivity index (χ4v) is 2.82. The van der Waals surface area contributed by atoms with Crippen molar-refractivity contribution >= 4 is 5.97 Å². The van der Waals surface area contributed by atoms with Gasteiger partial charge in [-0.1, -0.05) is 12.1 Å². The zero-order chi connectivity index (χ0) is 12.9. The average molecular weight is 248 g/mol. The third kappa shape index (κ3) is 1.52.